The van der Waals surface area contributed by atoms with Gasteiger partial charge in [0, 0.05) is 0 Å². The fourth-order valence-electron chi connectivity index (χ4n) is 2.05. The van der Waals surface area contributed by atoms with Crippen molar-refractivity contribution in [3.63, 3.8) is 0 Å². The van der Waals surface area contributed by atoms with Gasteiger partial charge in [-0.25, -0.2) is 0 Å². The lowest BCUT2D eigenvalue weighted by Gasteiger charge is -2.42. The van der Waals surface area contributed by atoms with Crippen molar-refractivity contribution in [2.45, 2.75) is 54.4 Å². The largest absolute Gasteiger partial charge is 0.435 e. The van der Waals surface area contributed by atoms with Gasteiger partial charge >= 0.3 is 5.97 Å². The number of hydrogen-bond acceptors (Lipinski definition) is 2. The number of carbonyl (C=O) groups excluding carboxylic acids is 1. The minimum atomic E-state index is -0.454. The number of rotatable bonds is 6. The molecular weight excluding hydrogens is 200 g/mol. The summed E-state index contributed by atoms with van der Waals surface area (Å²) in [5, 5.41) is 0. The molecule has 0 fully saturated rings. The Balaban J connectivity index is 5.17. The van der Waals surface area contributed by atoms with Crippen molar-refractivity contribution in [2.75, 3.05) is 0 Å². The van der Waals surface area contributed by atoms with Crippen LogP contribution in [0.1, 0.15) is 54.4 Å². The van der Waals surface area contributed by atoms with Crippen LogP contribution in [0.15, 0.2) is 12.8 Å². The maximum atomic E-state index is 12.1. The Morgan fingerprint density at radius 1 is 1.38 bits per heavy atom. The maximum Gasteiger partial charge on any atom is 0.317 e. The second kappa shape index (κ2) is 5.51. The van der Waals surface area contributed by atoms with E-state index in [1.54, 1.807) is 0 Å². The lowest BCUT2D eigenvalue weighted by Crippen LogP contribution is -2.43. The summed E-state index contributed by atoms with van der Waals surface area (Å²) in [6.45, 7) is 16.1. The van der Waals surface area contributed by atoms with Crippen LogP contribution >= 0.6 is 0 Å². The van der Waals surface area contributed by atoms with E-state index in [4.69, 9.17) is 4.74 Å². The molecule has 0 radical (unpaired) electrons. The second-order valence-electron chi connectivity index (χ2n) is 5.74. The number of esters is 1. The van der Waals surface area contributed by atoms with E-state index in [0.717, 1.165) is 12.8 Å². The first-order chi connectivity index (χ1) is 7.21. The van der Waals surface area contributed by atoms with E-state index >= 15 is 0 Å². The minimum Gasteiger partial charge on any atom is -0.435 e. The fraction of sp³-hybridized carbons (Fsp3) is 0.786. The molecule has 0 amide bonds. The zero-order valence-corrected chi connectivity index (χ0v) is 11.6. The van der Waals surface area contributed by atoms with E-state index in [2.05, 4.69) is 41.2 Å². The minimum absolute atomic E-state index is 0.0721. The molecule has 0 heterocycles. The molecule has 1 atom stereocenters. The van der Waals surface area contributed by atoms with Crippen molar-refractivity contribution in [3.8, 4) is 0 Å². The summed E-state index contributed by atoms with van der Waals surface area (Å²) in [5.41, 5.74) is -0.526. The SMILES string of the molecule is C=COC(=O)C(C)(CC(C)C)C(C)(C)CC. The van der Waals surface area contributed by atoms with Crippen molar-refractivity contribution in [2.24, 2.45) is 16.7 Å². The van der Waals surface area contributed by atoms with E-state index in [1.165, 1.54) is 6.26 Å². The quantitative estimate of drug-likeness (QED) is 0.502. The summed E-state index contributed by atoms with van der Waals surface area (Å²) < 4.78 is 5.02. The van der Waals surface area contributed by atoms with Gasteiger partial charge < -0.3 is 4.74 Å². The smallest absolute Gasteiger partial charge is 0.317 e. The summed E-state index contributed by atoms with van der Waals surface area (Å²) in [7, 11) is 0. The van der Waals surface area contributed by atoms with Gasteiger partial charge in [0.15, 0.2) is 0 Å². The Bertz CT molecular complexity index is 253. The lowest BCUT2D eigenvalue weighted by atomic mass is 9.62. The van der Waals surface area contributed by atoms with Gasteiger partial charge in [-0.05, 0) is 31.1 Å². The van der Waals surface area contributed by atoms with Gasteiger partial charge in [-0.1, -0.05) is 41.2 Å². The molecule has 0 rings (SSSR count). The molecule has 16 heavy (non-hydrogen) atoms. The number of ether oxygens (including phenoxy) is 1. The first-order valence-corrected chi connectivity index (χ1v) is 6.03. The van der Waals surface area contributed by atoms with Gasteiger partial charge in [-0.3, -0.25) is 4.79 Å². The Labute approximate surface area is 100 Å². The molecule has 0 aliphatic rings. The van der Waals surface area contributed by atoms with Gasteiger partial charge in [0.05, 0.1) is 11.7 Å². The molecular formula is C14H26O2. The molecule has 94 valence electrons. The summed E-state index contributed by atoms with van der Waals surface area (Å²) in [5.74, 6) is 0.302. The highest BCUT2D eigenvalue weighted by atomic mass is 16.5. The van der Waals surface area contributed by atoms with Crippen molar-refractivity contribution >= 4 is 5.97 Å². The number of carbonyl (C=O) groups is 1. The third kappa shape index (κ3) is 3.10. The van der Waals surface area contributed by atoms with Gasteiger partial charge in [-0.15, -0.1) is 0 Å². The molecule has 0 N–H and O–H groups in total. The van der Waals surface area contributed by atoms with Crippen LogP contribution in [0.2, 0.25) is 0 Å². The van der Waals surface area contributed by atoms with Crippen LogP contribution in [0.25, 0.3) is 0 Å². The van der Waals surface area contributed by atoms with Crippen molar-refractivity contribution < 1.29 is 9.53 Å². The first kappa shape index (κ1) is 15.2. The predicted octanol–water partition coefficient (Wildman–Crippen LogP) is 4.16. The second-order valence-corrected chi connectivity index (χ2v) is 5.74. The average molecular weight is 226 g/mol. The summed E-state index contributed by atoms with van der Waals surface area (Å²) in [6, 6.07) is 0. The highest BCUT2D eigenvalue weighted by Gasteiger charge is 2.47. The zero-order valence-electron chi connectivity index (χ0n) is 11.6. The Kier molecular flexibility index (Phi) is 5.24. The Morgan fingerprint density at radius 3 is 2.19 bits per heavy atom. The van der Waals surface area contributed by atoms with E-state index in [0.29, 0.717) is 5.92 Å². The number of hydrogen-bond donors (Lipinski definition) is 0. The average Bonchev–Trinajstić information content (AvgIpc) is 2.16. The highest BCUT2D eigenvalue weighted by Crippen LogP contribution is 2.46. The van der Waals surface area contributed by atoms with Crippen molar-refractivity contribution in [1.29, 1.82) is 0 Å². The van der Waals surface area contributed by atoms with E-state index in [-0.39, 0.29) is 11.4 Å². The molecule has 0 saturated heterocycles. The van der Waals surface area contributed by atoms with Crippen LogP contribution in [-0.2, 0) is 9.53 Å². The Morgan fingerprint density at radius 2 is 1.88 bits per heavy atom. The summed E-state index contributed by atoms with van der Waals surface area (Å²) in [6.07, 6.45) is 3.01. The molecule has 0 aromatic rings. The molecule has 2 heteroatoms. The van der Waals surface area contributed by atoms with E-state index in [9.17, 15) is 4.79 Å². The van der Waals surface area contributed by atoms with Crippen LogP contribution in [-0.4, -0.2) is 5.97 Å². The predicted molar refractivity (Wildman–Crippen MR) is 67.9 cm³/mol. The highest BCUT2D eigenvalue weighted by molar-refractivity contribution is 5.78. The molecule has 0 aromatic carbocycles. The van der Waals surface area contributed by atoms with E-state index < -0.39 is 5.41 Å². The van der Waals surface area contributed by atoms with Crippen LogP contribution < -0.4 is 0 Å². The van der Waals surface area contributed by atoms with E-state index in [1.807, 2.05) is 6.92 Å². The van der Waals surface area contributed by atoms with Crippen LogP contribution in [0, 0.1) is 16.7 Å². The van der Waals surface area contributed by atoms with Gasteiger partial charge in [0.25, 0.3) is 0 Å². The Hall–Kier alpha value is -0.790. The third-order valence-corrected chi connectivity index (χ3v) is 3.83. The summed E-state index contributed by atoms with van der Waals surface area (Å²) >= 11 is 0. The summed E-state index contributed by atoms with van der Waals surface area (Å²) in [4.78, 5) is 12.1. The van der Waals surface area contributed by atoms with Crippen LogP contribution in [0.4, 0.5) is 0 Å². The topological polar surface area (TPSA) is 26.3 Å². The van der Waals surface area contributed by atoms with Gasteiger partial charge in [-0.2, -0.15) is 0 Å². The molecule has 2 nitrogen and oxygen atoms in total. The van der Waals surface area contributed by atoms with Gasteiger partial charge in [0.2, 0.25) is 0 Å². The van der Waals surface area contributed by atoms with Crippen molar-refractivity contribution in [1.82, 2.24) is 0 Å². The normalized spacial score (nSPS) is 15.7. The molecule has 0 aliphatic carbocycles. The molecule has 0 saturated carbocycles. The molecule has 0 aromatic heterocycles. The fourth-order valence-corrected chi connectivity index (χ4v) is 2.05. The first-order valence-electron chi connectivity index (χ1n) is 6.03. The van der Waals surface area contributed by atoms with Crippen LogP contribution in [0.5, 0.6) is 0 Å². The monoisotopic (exact) mass is 226 g/mol. The molecule has 0 bridgehead atoms. The third-order valence-electron chi connectivity index (χ3n) is 3.83. The molecule has 1 unspecified atom stereocenters. The zero-order chi connectivity index (χ0) is 13.0. The molecule has 0 spiro atoms. The molecule has 0 aliphatic heterocycles. The standard InChI is InChI=1S/C14H26O2/c1-8-13(5,6)14(7,10-11(3)4)12(15)16-9-2/h9,11H,2,8,10H2,1,3-7H3. The van der Waals surface area contributed by atoms with Crippen molar-refractivity contribution in [3.05, 3.63) is 12.8 Å². The maximum absolute atomic E-state index is 12.1. The van der Waals surface area contributed by atoms with Gasteiger partial charge in [0.1, 0.15) is 0 Å². The van der Waals surface area contributed by atoms with Crippen LogP contribution in [0.3, 0.4) is 0 Å². The lowest BCUT2D eigenvalue weighted by molar-refractivity contribution is -0.158.